The van der Waals surface area contributed by atoms with Crippen LogP contribution < -0.4 is 5.32 Å². The van der Waals surface area contributed by atoms with Crippen molar-refractivity contribution in [3.05, 3.63) is 63.9 Å². The van der Waals surface area contributed by atoms with E-state index in [0.717, 1.165) is 0 Å². The predicted molar refractivity (Wildman–Crippen MR) is 96.8 cm³/mol. The molecule has 1 aromatic carbocycles. The fourth-order valence-electron chi connectivity index (χ4n) is 2.76. The molecule has 0 fully saturated rings. The van der Waals surface area contributed by atoms with Crippen LogP contribution in [0.25, 0.3) is 0 Å². The quantitative estimate of drug-likeness (QED) is 0.245. The van der Waals surface area contributed by atoms with Crippen LogP contribution >= 0.6 is 0 Å². The number of hydrogen-bond acceptors (Lipinski definition) is 6. The Morgan fingerprint density at radius 3 is 2.81 bits per heavy atom. The Bertz CT molecular complexity index is 789. The first-order valence-corrected chi connectivity index (χ1v) is 8.20. The van der Waals surface area contributed by atoms with Gasteiger partial charge in [0.15, 0.2) is 0 Å². The number of ether oxygens (including phenoxy) is 2. The number of urea groups is 1. The number of amides is 2. The number of rotatable bonds is 8. The fourth-order valence-corrected chi connectivity index (χ4v) is 2.76. The molecule has 1 aromatic rings. The number of benzene rings is 1. The highest BCUT2D eigenvalue weighted by molar-refractivity contribution is 5.95. The van der Waals surface area contributed by atoms with Gasteiger partial charge in [0, 0.05) is 31.5 Å². The zero-order chi connectivity index (χ0) is 20.0. The highest BCUT2D eigenvalue weighted by Crippen LogP contribution is 2.32. The molecule has 0 radical (unpaired) electrons. The lowest BCUT2D eigenvalue weighted by atomic mass is 9.94. The van der Waals surface area contributed by atoms with Crippen LogP contribution in [-0.4, -0.2) is 48.7 Å². The van der Waals surface area contributed by atoms with Gasteiger partial charge in [-0.25, -0.2) is 9.59 Å². The lowest BCUT2D eigenvalue weighted by molar-refractivity contribution is -0.384. The van der Waals surface area contributed by atoms with Gasteiger partial charge in [0.2, 0.25) is 0 Å². The number of carbonyl (C=O) groups excluding carboxylic acids is 2. The number of hydrogen-bond donors (Lipinski definition) is 1. The van der Waals surface area contributed by atoms with Crippen LogP contribution in [0.5, 0.6) is 0 Å². The van der Waals surface area contributed by atoms with Gasteiger partial charge in [-0.15, -0.1) is 6.58 Å². The van der Waals surface area contributed by atoms with Crippen molar-refractivity contribution in [3.63, 3.8) is 0 Å². The summed E-state index contributed by atoms with van der Waals surface area (Å²) in [5, 5.41) is 13.8. The van der Waals surface area contributed by atoms with E-state index in [2.05, 4.69) is 11.9 Å². The van der Waals surface area contributed by atoms with Gasteiger partial charge in [-0.2, -0.15) is 0 Å². The Morgan fingerprint density at radius 1 is 1.44 bits per heavy atom. The number of allylic oxidation sites excluding steroid dienone is 1. The topological polar surface area (TPSA) is 111 Å². The van der Waals surface area contributed by atoms with Crippen molar-refractivity contribution in [3.8, 4) is 0 Å². The molecule has 144 valence electrons. The standard InChI is InChI=1S/C18H21N3O6/c1-4-8-20-12(2)15(17(22)27-10-9-26-3)16(19-18(20)23)13-6-5-7-14(11-13)21(24)25/h4-7,11,16H,1,8-10H2,2-3H3,(H,19,23)/t16-/m0/s1. The van der Waals surface area contributed by atoms with E-state index in [4.69, 9.17) is 9.47 Å². The van der Waals surface area contributed by atoms with Crippen molar-refractivity contribution in [1.82, 2.24) is 10.2 Å². The van der Waals surface area contributed by atoms with Crippen LogP contribution in [0.4, 0.5) is 10.5 Å². The van der Waals surface area contributed by atoms with Crippen LogP contribution in [0.2, 0.25) is 0 Å². The maximum atomic E-state index is 12.7. The van der Waals surface area contributed by atoms with Gasteiger partial charge in [0.05, 0.1) is 23.1 Å². The second-order valence-corrected chi connectivity index (χ2v) is 5.76. The first kappa shape index (κ1) is 20.1. The Morgan fingerprint density at radius 2 is 2.19 bits per heavy atom. The SMILES string of the molecule is C=CCN1C(=O)N[C@@H](c2cccc([N+](=O)[O-])c2)C(C(=O)OCCOC)=C1C. The summed E-state index contributed by atoms with van der Waals surface area (Å²) in [7, 11) is 1.48. The van der Waals surface area contributed by atoms with Crippen molar-refractivity contribution in [2.24, 2.45) is 0 Å². The molecule has 0 aliphatic carbocycles. The Balaban J connectivity index is 2.48. The summed E-state index contributed by atoms with van der Waals surface area (Å²) in [6.45, 7) is 5.71. The van der Waals surface area contributed by atoms with E-state index in [-0.39, 0.29) is 31.0 Å². The smallest absolute Gasteiger partial charge is 0.338 e. The molecule has 0 aromatic heterocycles. The fraction of sp³-hybridized carbons (Fsp3) is 0.333. The van der Waals surface area contributed by atoms with Crippen molar-refractivity contribution >= 4 is 17.7 Å². The third-order valence-electron chi connectivity index (χ3n) is 4.06. The minimum atomic E-state index is -0.867. The number of esters is 1. The van der Waals surface area contributed by atoms with Gasteiger partial charge in [0.25, 0.3) is 5.69 Å². The van der Waals surface area contributed by atoms with Crippen LogP contribution in [-0.2, 0) is 14.3 Å². The number of nitrogens with one attached hydrogen (secondary N) is 1. The third-order valence-corrected chi connectivity index (χ3v) is 4.06. The number of carbonyl (C=O) groups is 2. The Hall–Kier alpha value is -3.20. The number of non-ortho nitro benzene ring substituents is 1. The van der Waals surface area contributed by atoms with E-state index in [1.165, 1.54) is 36.3 Å². The summed E-state index contributed by atoms with van der Waals surface area (Å²) < 4.78 is 10.1. The molecule has 1 heterocycles. The van der Waals surface area contributed by atoms with Gasteiger partial charge >= 0.3 is 12.0 Å². The molecule has 9 nitrogen and oxygen atoms in total. The lowest BCUT2D eigenvalue weighted by Gasteiger charge is -2.34. The molecular formula is C18H21N3O6. The van der Waals surface area contributed by atoms with Crippen LogP contribution in [0, 0.1) is 10.1 Å². The lowest BCUT2D eigenvalue weighted by Crippen LogP contribution is -2.48. The maximum absolute atomic E-state index is 12.7. The normalized spacial score (nSPS) is 16.7. The number of nitro benzene ring substituents is 1. The molecule has 9 heteroatoms. The molecule has 0 bridgehead atoms. The first-order valence-electron chi connectivity index (χ1n) is 8.20. The molecule has 1 N–H and O–H groups in total. The van der Waals surface area contributed by atoms with Crippen molar-refractivity contribution in [2.45, 2.75) is 13.0 Å². The zero-order valence-electron chi connectivity index (χ0n) is 15.1. The van der Waals surface area contributed by atoms with E-state index < -0.39 is 23.0 Å². The van der Waals surface area contributed by atoms with Crippen molar-refractivity contribution in [2.75, 3.05) is 26.9 Å². The largest absolute Gasteiger partial charge is 0.460 e. The predicted octanol–water partition coefficient (Wildman–Crippen LogP) is 2.31. The molecule has 1 aliphatic rings. The number of nitro groups is 1. The number of nitrogens with zero attached hydrogens (tertiary/aromatic N) is 2. The van der Waals surface area contributed by atoms with E-state index in [1.807, 2.05) is 0 Å². The molecule has 27 heavy (non-hydrogen) atoms. The molecule has 0 saturated heterocycles. The third kappa shape index (κ3) is 4.50. The molecule has 0 saturated carbocycles. The van der Waals surface area contributed by atoms with Gasteiger partial charge in [-0.05, 0) is 12.5 Å². The van der Waals surface area contributed by atoms with E-state index in [0.29, 0.717) is 11.3 Å². The minimum Gasteiger partial charge on any atom is -0.460 e. The summed E-state index contributed by atoms with van der Waals surface area (Å²) in [5.74, 6) is -0.630. The van der Waals surface area contributed by atoms with Crippen LogP contribution in [0.15, 0.2) is 48.2 Å². The van der Waals surface area contributed by atoms with E-state index >= 15 is 0 Å². The van der Waals surface area contributed by atoms with E-state index in [9.17, 15) is 19.7 Å². The summed E-state index contributed by atoms with van der Waals surface area (Å²) >= 11 is 0. The molecule has 2 amide bonds. The summed E-state index contributed by atoms with van der Waals surface area (Å²) in [6, 6.07) is 4.47. The first-order chi connectivity index (χ1) is 12.9. The second-order valence-electron chi connectivity index (χ2n) is 5.76. The zero-order valence-corrected chi connectivity index (χ0v) is 15.1. The molecular weight excluding hydrogens is 354 g/mol. The minimum absolute atomic E-state index is 0.0448. The highest BCUT2D eigenvalue weighted by atomic mass is 16.6. The van der Waals surface area contributed by atoms with Gasteiger partial charge < -0.3 is 14.8 Å². The molecule has 1 aliphatic heterocycles. The monoisotopic (exact) mass is 375 g/mol. The molecule has 1 atom stereocenters. The van der Waals surface area contributed by atoms with Gasteiger partial charge in [-0.1, -0.05) is 18.2 Å². The Labute approximate surface area is 156 Å². The summed E-state index contributed by atoms with van der Waals surface area (Å²) in [5.41, 5.74) is 0.875. The average molecular weight is 375 g/mol. The molecule has 0 spiro atoms. The maximum Gasteiger partial charge on any atom is 0.338 e. The van der Waals surface area contributed by atoms with Gasteiger partial charge in [-0.3, -0.25) is 15.0 Å². The molecule has 0 unspecified atom stereocenters. The van der Waals surface area contributed by atoms with Gasteiger partial charge in [0.1, 0.15) is 6.61 Å². The molecule has 2 rings (SSSR count). The van der Waals surface area contributed by atoms with E-state index in [1.54, 1.807) is 13.0 Å². The van der Waals surface area contributed by atoms with Crippen molar-refractivity contribution < 1.29 is 24.0 Å². The summed E-state index contributed by atoms with van der Waals surface area (Å²) in [6.07, 6.45) is 1.53. The van der Waals surface area contributed by atoms with Crippen molar-refractivity contribution in [1.29, 1.82) is 0 Å². The highest BCUT2D eigenvalue weighted by Gasteiger charge is 2.36. The summed E-state index contributed by atoms with van der Waals surface area (Å²) in [4.78, 5) is 37.0. The average Bonchev–Trinajstić information content (AvgIpc) is 2.64. The number of methoxy groups -OCH3 is 1. The Kier molecular flexibility index (Phi) is 6.67. The van der Waals surface area contributed by atoms with Crippen LogP contribution in [0.1, 0.15) is 18.5 Å². The van der Waals surface area contributed by atoms with Crippen LogP contribution in [0.3, 0.4) is 0 Å². The second kappa shape index (κ2) is 8.95.